The van der Waals surface area contributed by atoms with Gasteiger partial charge >= 0.3 is 0 Å². The van der Waals surface area contributed by atoms with Crippen LogP contribution in [0.25, 0.3) is 6.08 Å². The Morgan fingerprint density at radius 3 is 2.70 bits per heavy atom. The van der Waals surface area contributed by atoms with Crippen molar-refractivity contribution in [2.24, 2.45) is 0 Å². The first-order chi connectivity index (χ1) is 9.30. The van der Waals surface area contributed by atoms with Crippen molar-refractivity contribution in [2.45, 2.75) is 18.6 Å². The Morgan fingerprint density at radius 2 is 2.10 bits per heavy atom. The molecule has 0 aliphatic rings. The zero-order valence-electron chi connectivity index (χ0n) is 11.1. The lowest BCUT2D eigenvalue weighted by atomic mass is 10.1. The van der Waals surface area contributed by atoms with E-state index in [1.807, 2.05) is 6.07 Å². The molecule has 20 heavy (non-hydrogen) atoms. The van der Waals surface area contributed by atoms with E-state index >= 15 is 0 Å². The molecule has 0 radical (unpaired) electrons. The second kappa shape index (κ2) is 7.06. The van der Waals surface area contributed by atoms with Gasteiger partial charge in [0.2, 0.25) is 5.91 Å². The zero-order valence-corrected chi connectivity index (χ0v) is 11.9. The predicted molar refractivity (Wildman–Crippen MR) is 78.5 cm³/mol. The van der Waals surface area contributed by atoms with Crippen molar-refractivity contribution in [3.63, 3.8) is 0 Å². The lowest BCUT2D eigenvalue weighted by molar-refractivity contribution is -0.116. The molecular formula is C13H18N2O4S. The Bertz CT molecular complexity index is 596. The molecule has 1 aromatic carbocycles. The molecule has 0 saturated heterocycles. The van der Waals surface area contributed by atoms with Crippen LogP contribution in [0.1, 0.15) is 18.9 Å². The van der Waals surface area contributed by atoms with Crippen molar-refractivity contribution in [1.82, 2.24) is 5.32 Å². The summed E-state index contributed by atoms with van der Waals surface area (Å²) in [4.78, 5) is 11.5. The highest BCUT2D eigenvalue weighted by molar-refractivity contribution is 7.86. The van der Waals surface area contributed by atoms with Crippen molar-refractivity contribution >= 4 is 27.8 Å². The molecule has 6 nitrogen and oxygen atoms in total. The predicted octanol–water partition coefficient (Wildman–Crippen LogP) is 1.06. The summed E-state index contributed by atoms with van der Waals surface area (Å²) in [6.07, 6.45) is 3.05. The van der Waals surface area contributed by atoms with Crippen molar-refractivity contribution in [3.8, 4) is 0 Å². The van der Waals surface area contributed by atoms with Crippen molar-refractivity contribution in [3.05, 3.63) is 35.9 Å². The number of nitrogen functional groups attached to an aromatic ring is 1. The molecule has 1 unspecified atom stereocenters. The molecular weight excluding hydrogens is 280 g/mol. The minimum atomic E-state index is -4.05. The molecule has 0 aliphatic carbocycles. The van der Waals surface area contributed by atoms with Gasteiger partial charge in [-0.05, 0) is 31.1 Å². The summed E-state index contributed by atoms with van der Waals surface area (Å²) in [5, 5.41) is 1.63. The number of nitrogens with two attached hydrogens (primary N) is 1. The van der Waals surface area contributed by atoms with Gasteiger partial charge in [0.05, 0.1) is 5.25 Å². The fraction of sp³-hybridized carbons (Fsp3) is 0.308. The largest absolute Gasteiger partial charge is 0.398 e. The zero-order chi connectivity index (χ0) is 15.2. The number of amides is 1. The summed E-state index contributed by atoms with van der Waals surface area (Å²) >= 11 is 0. The van der Waals surface area contributed by atoms with Crippen LogP contribution in [0.5, 0.6) is 0 Å². The molecule has 1 aromatic rings. The summed E-state index contributed by atoms with van der Waals surface area (Å²) < 4.78 is 30.3. The first kappa shape index (κ1) is 16.2. The monoisotopic (exact) mass is 298 g/mol. The van der Waals surface area contributed by atoms with Gasteiger partial charge in [0.15, 0.2) is 0 Å². The SMILES string of the molecule is CC(CCNC(=O)C=Cc1ccccc1N)S(=O)(=O)O. The van der Waals surface area contributed by atoms with Crippen LogP contribution >= 0.6 is 0 Å². The van der Waals surface area contributed by atoms with Crippen LogP contribution in [-0.2, 0) is 14.9 Å². The van der Waals surface area contributed by atoms with Crippen molar-refractivity contribution < 1.29 is 17.8 Å². The molecule has 110 valence electrons. The van der Waals surface area contributed by atoms with Gasteiger partial charge in [-0.25, -0.2) is 0 Å². The minimum absolute atomic E-state index is 0.145. The van der Waals surface area contributed by atoms with Gasteiger partial charge in [-0.2, -0.15) is 8.42 Å². The quantitative estimate of drug-likeness (QED) is 0.413. The number of para-hydroxylation sites is 1. The molecule has 0 aromatic heterocycles. The number of carbonyl (C=O) groups excluding carboxylic acids is 1. The van der Waals surface area contributed by atoms with Crippen LogP contribution in [0.15, 0.2) is 30.3 Å². The van der Waals surface area contributed by atoms with E-state index in [0.717, 1.165) is 5.56 Å². The van der Waals surface area contributed by atoms with Gasteiger partial charge < -0.3 is 11.1 Å². The van der Waals surface area contributed by atoms with E-state index in [0.29, 0.717) is 5.69 Å². The standard InChI is InChI=1S/C13H18N2O4S/c1-10(20(17,18)19)8-9-15-13(16)7-6-11-4-2-3-5-12(11)14/h2-7,10H,8-9,14H2,1H3,(H,15,16)(H,17,18,19). The number of anilines is 1. The summed E-state index contributed by atoms with van der Waals surface area (Å²) in [6.45, 7) is 1.54. The van der Waals surface area contributed by atoms with Gasteiger partial charge in [0.25, 0.3) is 10.1 Å². The van der Waals surface area contributed by atoms with E-state index in [2.05, 4.69) is 5.32 Å². The molecule has 0 saturated carbocycles. The van der Waals surface area contributed by atoms with Crippen LogP contribution < -0.4 is 11.1 Å². The van der Waals surface area contributed by atoms with Crippen LogP contribution in [0.3, 0.4) is 0 Å². The number of nitrogens with one attached hydrogen (secondary N) is 1. The molecule has 7 heteroatoms. The maximum atomic E-state index is 11.5. The van der Waals surface area contributed by atoms with Gasteiger partial charge in [0, 0.05) is 18.3 Å². The number of hydrogen-bond acceptors (Lipinski definition) is 4. The lowest BCUT2D eigenvalue weighted by Crippen LogP contribution is -2.27. The third-order valence-corrected chi connectivity index (χ3v) is 4.02. The summed E-state index contributed by atoms with van der Waals surface area (Å²) in [5.41, 5.74) is 7.01. The maximum absolute atomic E-state index is 11.5. The number of rotatable bonds is 6. The van der Waals surface area contributed by atoms with Crippen LogP contribution in [0.4, 0.5) is 5.69 Å². The number of hydrogen-bond donors (Lipinski definition) is 3. The summed E-state index contributed by atoms with van der Waals surface area (Å²) in [7, 11) is -4.05. The fourth-order valence-electron chi connectivity index (χ4n) is 1.43. The third-order valence-electron chi connectivity index (χ3n) is 2.77. The third kappa shape index (κ3) is 5.41. The molecule has 1 amide bonds. The summed E-state index contributed by atoms with van der Waals surface area (Å²) in [5.74, 6) is -0.351. The van der Waals surface area contributed by atoms with Crippen LogP contribution in [0, 0.1) is 0 Å². The van der Waals surface area contributed by atoms with E-state index in [4.69, 9.17) is 10.3 Å². The van der Waals surface area contributed by atoms with Crippen LogP contribution in [0.2, 0.25) is 0 Å². The second-order valence-electron chi connectivity index (χ2n) is 4.37. The lowest BCUT2D eigenvalue weighted by Gasteiger charge is -2.07. The highest BCUT2D eigenvalue weighted by Gasteiger charge is 2.16. The molecule has 0 bridgehead atoms. The van der Waals surface area contributed by atoms with E-state index in [-0.39, 0.29) is 18.9 Å². The van der Waals surface area contributed by atoms with Crippen molar-refractivity contribution in [1.29, 1.82) is 0 Å². The number of carbonyl (C=O) groups is 1. The van der Waals surface area contributed by atoms with E-state index in [1.54, 1.807) is 24.3 Å². The molecule has 0 spiro atoms. The maximum Gasteiger partial charge on any atom is 0.267 e. The average Bonchev–Trinajstić information content (AvgIpc) is 2.36. The van der Waals surface area contributed by atoms with E-state index in [1.165, 1.54) is 13.0 Å². The number of benzene rings is 1. The Morgan fingerprint density at radius 1 is 1.45 bits per heavy atom. The highest BCUT2D eigenvalue weighted by Crippen LogP contribution is 2.11. The minimum Gasteiger partial charge on any atom is -0.398 e. The summed E-state index contributed by atoms with van der Waals surface area (Å²) in [6, 6.07) is 7.11. The first-order valence-corrected chi connectivity index (χ1v) is 7.57. The van der Waals surface area contributed by atoms with E-state index in [9.17, 15) is 13.2 Å². The molecule has 0 aliphatic heterocycles. The Hall–Kier alpha value is -1.86. The van der Waals surface area contributed by atoms with Gasteiger partial charge in [-0.15, -0.1) is 0 Å². The van der Waals surface area contributed by atoms with Crippen LogP contribution in [-0.4, -0.2) is 30.7 Å². The topological polar surface area (TPSA) is 109 Å². The van der Waals surface area contributed by atoms with Gasteiger partial charge in [0.1, 0.15) is 0 Å². The molecule has 1 atom stereocenters. The molecule has 0 heterocycles. The normalized spacial score (nSPS) is 13.3. The van der Waals surface area contributed by atoms with Gasteiger partial charge in [-0.1, -0.05) is 18.2 Å². The van der Waals surface area contributed by atoms with Crippen molar-refractivity contribution in [2.75, 3.05) is 12.3 Å². The van der Waals surface area contributed by atoms with E-state index < -0.39 is 15.4 Å². The Kier molecular flexibility index (Phi) is 5.72. The Labute approximate surface area is 118 Å². The van der Waals surface area contributed by atoms with Gasteiger partial charge in [-0.3, -0.25) is 9.35 Å². The smallest absolute Gasteiger partial charge is 0.267 e. The first-order valence-electron chi connectivity index (χ1n) is 6.07. The fourth-order valence-corrected chi connectivity index (χ4v) is 1.85. The molecule has 1 rings (SSSR count). The molecule has 4 N–H and O–H groups in total. The highest BCUT2D eigenvalue weighted by atomic mass is 32.2. The Balaban J connectivity index is 2.44. The second-order valence-corrected chi connectivity index (χ2v) is 6.20. The average molecular weight is 298 g/mol. The molecule has 0 fully saturated rings.